The number of hydrogen-bond acceptors (Lipinski definition) is 4. The Morgan fingerprint density at radius 2 is 1.75 bits per heavy atom. The van der Waals surface area contributed by atoms with Crippen LogP contribution in [0.4, 0.5) is 0 Å². The molecule has 0 aromatic carbocycles. The van der Waals surface area contributed by atoms with E-state index in [1.807, 2.05) is 0 Å². The summed E-state index contributed by atoms with van der Waals surface area (Å²) in [4.78, 5) is 2.28. The maximum Gasteiger partial charge on any atom is 0.134 e. The molecule has 4 heteroatoms. The Bertz CT molecular complexity index is 114. The fraction of sp³-hybridized carbons (Fsp3) is 1.00. The van der Waals surface area contributed by atoms with Gasteiger partial charge in [0.25, 0.3) is 0 Å². The summed E-state index contributed by atoms with van der Waals surface area (Å²) in [6, 6.07) is 0. The molecule has 0 aliphatic carbocycles. The van der Waals surface area contributed by atoms with Crippen molar-refractivity contribution in [2.45, 2.75) is 6.23 Å². The second kappa shape index (κ2) is 4.18. The molecule has 2 aliphatic heterocycles. The third kappa shape index (κ3) is 1.95. The zero-order valence-corrected chi connectivity index (χ0v) is 7.20. The van der Waals surface area contributed by atoms with E-state index in [0.29, 0.717) is 6.61 Å². The molecule has 0 aromatic rings. The van der Waals surface area contributed by atoms with Gasteiger partial charge in [-0.05, 0) is 0 Å². The first-order valence-electron chi connectivity index (χ1n) is 4.48. The number of morpholine rings is 1. The molecule has 2 aliphatic rings. The van der Waals surface area contributed by atoms with Gasteiger partial charge in [-0.3, -0.25) is 4.90 Å². The highest BCUT2D eigenvalue weighted by atomic mass is 16.6. The molecule has 70 valence electrons. The molecular weight excluding hydrogens is 158 g/mol. The van der Waals surface area contributed by atoms with Gasteiger partial charge < -0.3 is 14.2 Å². The molecule has 0 bridgehead atoms. The highest BCUT2D eigenvalue weighted by molar-refractivity contribution is 4.68. The second-order valence-electron chi connectivity index (χ2n) is 3.05. The summed E-state index contributed by atoms with van der Waals surface area (Å²) in [6.45, 7) is 5.74. The molecule has 0 radical (unpaired) electrons. The summed E-state index contributed by atoms with van der Waals surface area (Å²) in [5.41, 5.74) is 0. The van der Waals surface area contributed by atoms with Gasteiger partial charge in [0.1, 0.15) is 6.23 Å². The summed E-state index contributed by atoms with van der Waals surface area (Å²) in [5.74, 6) is 0. The van der Waals surface area contributed by atoms with Crippen molar-refractivity contribution in [2.24, 2.45) is 0 Å². The van der Waals surface area contributed by atoms with Crippen molar-refractivity contribution in [3.05, 3.63) is 0 Å². The molecule has 4 nitrogen and oxygen atoms in total. The standard InChI is InChI=1S/C8H15NO3/c1-3-10-4-2-9(1)8-7-11-5-6-12-8/h8H,1-7H2. The Balaban J connectivity index is 1.80. The molecule has 2 saturated heterocycles. The molecule has 0 amide bonds. The maximum atomic E-state index is 5.56. The van der Waals surface area contributed by atoms with E-state index in [4.69, 9.17) is 14.2 Å². The molecule has 0 spiro atoms. The van der Waals surface area contributed by atoms with Crippen LogP contribution < -0.4 is 0 Å². The molecule has 0 aromatic heterocycles. The first kappa shape index (κ1) is 8.44. The van der Waals surface area contributed by atoms with Crippen LogP contribution in [-0.2, 0) is 14.2 Å². The minimum absolute atomic E-state index is 0.169. The highest BCUT2D eigenvalue weighted by Gasteiger charge is 2.23. The van der Waals surface area contributed by atoms with Gasteiger partial charge in [-0.25, -0.2) is 0 Å². The summed E-state index contributed by atoms with van der Waals surface area (Å²) < 4.78 is 16.1. The topological polar surface area (TPSA) is 30.9 Å². The van der Waals surface area contributed by atoms with Crippen molar-refractivity contribution in [1.29, 1.82) is 0 Å². The van der Waals surface area contributed by atoms with Crippen LogP contribution in [0.25, 0.3) is 0 Å². The first-order chi connectivity index (χ1) is 5.97. The van der Waals surface area contributed by atoms with Crippen LogP contribution >= 0.6 is 0 Å². The summed E-state index contributed by atoms with van der Waals surface area (Å²) in [7, 11) is 0. The monoisotopic (exact) mass is 173 g/mol. The molecule has 2 fully saturated rings. The van der Waals surface area contributed by atoms with E-state index in [1.165, 1.54) is 0 Å². The van der Waals surface area contributed by atoms with Gasteiger partial charge in [0.05, 0.1) is 33.0 Å². The lowest BCUT2D eigenvalue weighted by atomic mass is 10.4. The Morgan fingerprint density at radius 1 is 0.917 bits per heavy atom. The lowest BCUT2D eigenvalue weighted by Gasteiger charge is -2.35. The summed E-state index contributed by atoms with van der Waals surface area (Å²) in [5, 5.41) is 0. The predicted octanol–water partition coefficient (Wildman–Crippen LogP) is -0.308. The fourth-order valence-electron chi connectivity index (χ4n) is 1.55. The second-order valence-corrected chi connectivity index (χ2v) is 3.05. The molecule has 2 heterocycles. The van der Waals surface area contributed by atoms with E-state index < -0.39 is 0 Å². The summed E-state index contributed by atoms with van der Waals surface area (Å²) in [6.07, 6.45) is 0.169. The maximum absolute atomic E-state index is 5.56. The number of nitrogens with zero attached hydrogens (tertiary/aromatic N) is 1. The van der Waals surface area contributed by atoms with Gasteiger partial charge in [0.15, 0.2) is 0 Å². The minimum atomic E-state index is 0.169. The van der Waals surface area contributed by atoms with Crippen LogP contribution in [0.15, 0.2) is 0 Å². The lowest BCUT2D eigenvalue weighted by molar-refractivity contribution is -0.169. The van der Waals surface area contributed by atoms with Crippen molar-refractivity contribution in [1.82, 2.24) is 4.90 Å². The molecule has 2 rings (SSSR count). The van der Waals surface area contributed by atoms with Gasteiger partial charge in [-0.1, -0.05) is 0 Å². The first-order valence-corrected chi connectivity index (χ1v) is 4.48. The van der Waals surface area contributed by atoms with Crippen molar-refractivity contribution in [3.63, 3.8) is 0 Å². The fourth-order valence-corrected chi connectivity index (χ4v) is 1.55. The van der Waals surface area contributed by atoms with E-state index >= 15 is 0 Å². The minimum Gasteiger partial charge on any atom is -0.379 e. The van der Waals surface area contributed by atoms with Gasteiger partial charge in [0.2, 0.25) is 0 Å². The van der Waals surface area contributed by atoms with E-state index in [-0.39, 0.29) is 6.23 Å². The average Bonchev–Trinajstić information content (AvgIpc) is 2.21. The number of hydrogen-bond donors (Lipinski definition) is 0. The van der Waals surface area contributed by atoms with E-state index in [1.54, 1.807) is 0 Å². The molecule has 0 saturated carbocycles. The highest BCUT2D eigenvalue weighted by Crippen LogP contribution is 2.08. The van der Waals surface area contributed by atoms with Crippen LogP contribution in [0.1, 0.15) is 0 Å². The van der Waals surface area contributed by atoms with Crippen molar-refractivity contribution in [2.75, 3.05) is 46.1 Å². The molecule has 1 unspecified atom stereocenters. The quantitative estimate of drug-likeness (QED) is 0.544. The van der Waals surface area contributed by atoms with Crippen LogP contribution in [0, 0.1) is 0 Å². The van der Waals surface area contributed by atoms with Crippen LogP contribution in [-0.4, -0.2) is 57.3 Å². The van der Waals surface area contributed by atoms with Gasteiger partial charge >= 0.3 is 0 Å². The molecule has 0 N–H and O–H groups in total. The van der Waals surface area contributed by atoms with Crippen molar-refractivity contribution in [3.8, 4) is 0 Å². The van der Waals surface area contributed by atoms with E-state index in [9.17, 15) is 0 Å². The van der Waals surface area contributed by atoms with Crippen LogP contribution in [0.3, 0.4) is 0 Å². The van der Waals surface area contributed by atoms with Gasteiger partial charge in [0, 0.05) is 13.1 Å². The largest absolute Gasteiger partial charge is 0.379 e. The van der Waals surface area contributed by atoms with Crippen molar-refractivity contribution < 1.29 is 14.2 Å². The number of rotatable bonds is 1. The van der Waals surface area contributed by atoms with Gasteiger partial charge in [-0.15, -0.1) is 0 Å². The van der Waals surface area contributed by atoms with Crippen LogP contribution in [0.2, 0.25) is 0 Å². The molecular formula is C8H15NO3. The SMILES string of the molecule is C1CN(C2COCCO2)CCO1. The Labute approximate surface area is 72.4 Å². The number of ether oxygens (including phenoxy) is 3. The van der Waals surface area contributed by atoms with E-state index in [0.717, 1.165) is 39.5 Å². The van der Waals surface area contributed by atoms with Gasteiger partial charge in [-0.2, -0.15) is 0 Å². The average molecular weight is 173 g/mol. The Morgan fingerprint density at radius 3 is 2.42 bits per heavy atom. The molecule has 1 atom stereocenters. The predicted molar refractivity (Wildman–Crippen MR) is 43.0 cm³/mol. The third-order valence-electron chi connectivity index (χ3n) is 2.25. The normalized spacial score (nSPS) is 33.5. The zero-order valence-electron chi connectivity index (χ0n) is 7.20. The van der Waals surface area contributed by atoms with E-state index in [2.05, 4.69) is 4.90 Å². The zero-order chi connectivity index (χ0) is 8.23. The smallest absolute Gasteiger partial charge is 0.134 e. The molecule has 12 heavy (non-hydrogen) atoms. The summed E-state index contributed by atoms with van der Waals surface area (Å²) >= 11 is 0. The Hall–Kier alpha value is -0.160. The lowest BCUT2D eigenvalue weighted by Crippen LogP contribution is -2.49. The Kier molecular flexibility index (Phi) is 2.94. The van der Waals surface area contributed by atoms with Crippen LogP contribution in [0.5, 0.6) is 0 Å². The third-order valence-corrected chi connectivity index (χ3v) is 2.25. The van der Waals surface area contributed by atoms with Crippen molar-refractivity contribution >= 4 is 0 Å².